The van der Waals surface area contributed by atoms with Crippen LogP contribution in [0, 0.1) is 0 Å². The lowest BCUT2D eigenvalue weighted by Crippen LogP contribution is -2.02. The van der Waals surface area contributed by atoms with Crippen LogP contribution in [0.1, 0.15) is 5.56 Å². The smallest absolute Gasteiger partial charge is 0.0438 e. The van der Waals surface area contributed by atoms with Crippen LogP contribution in [-0.4, -0.2) is 18.8 Å². The Hall–Kier alpha value is -1.00. The van der Waals surface area contributed by atoms with Crippen molar-refractivity contribution in [2.75, 3.05) is 18.8 Å². The number of nitrogens with two attached hydrogens (primary N) is 2. The SMILES string of the molecule is NCCSc1ccccc1.NCCc1ccccc1Cl. The summed E-state index contributed by atoms with van der Waals surface area (Å²) in [5.74, 6) is 1.00. The predicted octanol–water partition coefficient (Wildman–Crippen LogP) is 3.58. The average molecular weight is 309 g/mol. The summed E-state index contributed by atoms with van der Waals surface area (Å²) in [6.07, 6.45) is 0.861. The molecule has 4 N–H and O–H groups in total. The second-order valence-corrected chi connectivity index (χ2v) is 5.66. The van der Waals surface area contributed by atoms with E-state index >= 15 is 0 Å². The third-order valence-corrected chi connectivity index (χ3v) is 3.92. The van der Waals surface area contributed by atoms with Gasteiger partial charge in [0.2, 0.25) is 0 Å². The molecular formula is C16H21ClN2S. The van der Waals surface area contributed by atoms with Crippen molar-refractivity contribution in [3.63, 3.8) is 0 Å². The number of hydrogen-bond donors (Lipinski definition) is 2. The van der Waals surface area contributed by atoms with Crippen LogP contribution in [0.25, 0.3) is 0 Å². The largest absolute Gasteiger partial charge is 0.330 e. The Balaban J connectivity index is 0.000000200. The molecule has 2 rings (SSSR count). The molecule has 0 unspecified atom stereocenters. The summed E-state index contributed by atoms with van der Waals surface area (Å²) in [6.45, 7) is 1.41. The maximum absolute atomic E-state index is 5.85. The van der Waals surface area contributed by atoms with E-state index in [0.717, 1.165) is 29.3 Å². The molecule has 0 saturated carbocycles. The van der Waals surface area contributed by atoms with Gasteiger partial charge in [-0.2, -0.15) is 0 Å². The van der Waals surface area contributed by atoms with E-state index in [-0.39, 0.29) is 0 Å². The van der Waals surface area contributed by atoms with E-state index in [2.05, 4.69) is 12.1 Å². The van der Waals surface area contributed by atoms with Gasteiger partial charge in [0.25, 0.3) is 0 Å². The standard InChI is InChI=1S/C8H10ClN.C8H11NS/c9-8-4-2-1-3-7(8)5-6-10;9-6-7-10-8-4-2-1-3-5-8/h1-4H,5-6,10H2;1-5H,6-7,9H2. The Kier molecular flexibility index (Phi) is 9.16. The zero-order valence-corrected chi connectivity index (χ0v) is 13.0. The number of thioether (sulfide) groups is 1. The van der Waals surface area contributed by atoms with Crippen molar-refractivity contribution in [1.29, 1.82) is 0 Å². The van der Waals surface area contributed by atoms with Gasteiger partial charge in [-0.05, 0) is 36.7 Å². The van der Waals surface area contributed by atoms with Gasteiger partial charge < -0.3 is 11.5 Å². The van der Waals surface area contributed by atoms with Gasteiger partial charge in [-0.15, -0.1) is 11.8 Å². The average Bonchev–Trinajstić information content (AvgIpc) is 2.49. The van der Waals surface area contributed by atoms with Crippen LogP contribution in [0.2, 0.25) is 5.02 Å². The molecule has 0 aliphatic rings. The van der Waals surface area contributed by atoms with Crippen LogP contribution in [-0.2, 0) is 6.42 Å². The zero-order valence-electron chi connectivity index (χ0n) is 11.5. The Bertz CT molecular complexity index is 477. The first-order valence-corrected chi connectivity index (χ1v) is 7.95. The number of halogens is 1. The van der Waals surface area contributed by atoms with Gasteiger partial charge in [-0.3, -0.25) is 0 Å². The third-order valence-electron chi connectivity index (χ3n) is 2.50. The van der Waals surface area contributed by atoms with E-state index in [4.69, 9.17) is 23.1 Å². The Morgan fingerprint density at radius 1 is 0.850 bits per heavy atom. The van der Waals surface area contributed by atoms with Crippen LogP contribution >= 0.6 is 23.4 Å². The molecule has 0 atom stereocenters. The van der Waals surface area contributed by atoms with E-state index in [1.54, 1.807) is 11.8 Å². The van der Waals surface area contributed by atoms with E-state index in [0.29, 0.717) is 6.54 Å². The monoisotopic (exact) mass is 308 g/mol. The first-order chi connectivity index (χ1) is 9.77. The molecule has 0 aliphatic carbocycles. The lowest BCUT2D eigenvalue weighted by molar-refractivity contribution is 0.969. The lowest BCUT2D eigenvalue weighted by Gasteiger charge is -1.99. The molecule has 108 valence electrons. The lowest BCUT2D eigenvalue weighted by atomic mass is 10.1. The second-order valence-electron chi connectivity index (χ2n) is 4.08. The molecule has 0 saturated heterocycles. The van der Waals surface area contributed by atoms with Gasteiger partial charge in [-0.1, -0.05) is 48.0 Å². The van der Waals surface area contributed by atoms with Gasteiger partial charge >= 0.3 is 0 Å². The summed E-state index contributed by atoms with van der Waals surface area (Å²) in [5, 5.41) is 0.813. The van der Waals surface area contributed by atoms with Crippen molar-refractivity contribution in [3.8, 4) is 0 Å². The molecule has 0 spiro atoms. The Morgan fingerprint density at radius 3 is 2.10 bits per heavy atom. The van der Waals surface area contributed by atoms with Crippen LogP contribution in [0.4, 0.5) is 0 Å². The fourth-order valence-corrected chi connectivity index (χ4v) is 2.48. The minimum absolute atomic E-state index is 0.656. The van der Waals surface area contributed by atoms with Gasteiger partial charge in [0.05, 0.1) is 0 Å². The molecule has 0 aliphatic heterocycles. The number of rotatable bonds is 5. The van der Waals surface area contributed by atoms with E-state index in [1.807, 2.05) is 42.5 Å². The number of hydrogen-bond acceptors (Lipinski definition) is 3. The van der Waals surface area contributed by atoms with E-state index in [9.17, 15) is 0 Å². The van der Waals surface area contributed by atoms with Crippen LogP contribution < -0.4 is 11.5 Å². The van der Waals surface area contributed by atoms with Crippen molar-refractivity contribution in [2.24, 2.45) is 11.5 Å². The molecule has 2 nitrogen and oxygen atoms in total. The molecule has 0 radical (unpaired) electrons. The molecule has 0 amide bonds. The Labute approximate surface area is 130 Å². The fourth-order valence-electron chi connectivity index (χ4n) is 1.55. The van der Waals surface area contributed by atoms with Crippen molar-refractivity contribution >= 4 is 23.4 Å². The molecule has 0 heterocycles. The maximum Gasteiger partial charge on any atom is 0.0438 e. The Morgan fingerprint density at radius 2 is 1.50 bits per heavy atom. The molecule has 0 aromatic heterocycles. The summed E-state index contributed by atoms with van der Waals surface area (Å²) in [6, 6.07) is 18.1. The minimum atomic E-state index is 0.656. The quantitative estimate of drug-likeness (QED) is 0.830. The molecule has 20 heavy (non-hydrogen) atoms. The number of benzene rings is 2. The van der Waals surface area contributed by atoms with Crippen LogP contribution in [0.3, 0.4) is 0 Å². The minimum Gasteiger partial charge on any atom is -0.330 e. The summed E-state index contributed by atoms with van der Waals surface area (Å²) in [5.41, 5.74) is 11.9. The van der Waals surface area contributed by atoms with Crippen molar-refractivity contribution in [3.05, 3.63) is 65.2 Å². The predicted molar refractivity (Wildman–Crippen MR) is 90.4 cm³/mol. The summed E-state index contributed by atoms with van der Waals surface area (Å²) < 4.78 is 0. The van der Waals surface area contributed by atoms with Crippen LogP contribution in [0.5, 0.6) is 0 Å². The summed E-state index contributed by atoms with van der Waals surface area (Å²) in [4.78, 5) is 1.30. The highest BCUT2D eigenvalue weighted by Crippen LogP contribution is 2.15. The summed E-state index contributed by atoms with van der Waals surface area (Å²) >= 11 is 7.64. The zero-order chi connectivity index (χ0) is 14.6. The first kappa shape index (κ1) is 17.1. The van der Waals surface area contributed by atoms with Crippen molar-refractivity contribution in [2.45, 2.75) is 11.3 Å². The van der Waals surface area contributed by atoms with E-state index < -0.39 is 0 Å². The molecule has 0 bridgehead atoms. The van der Waals surface area contributed by atoms with Gasteiger partial charge in [-0.25, -0.2) is 0 Å². The highest BCUT2D eigenvalue weighted by Gasteiger charge is 1.94. The molecule has 4 heteroatoms. The normalized spacial score (nSPS) is 9.75. The molecule has 0 fully saturated rings. The molecule has 2 aromatic rings. The van der Waals surface area contributed by atoms with Gasteiger partial charge in [0.15, 0.2) is 0 Å². The highest BCUT2D eigenvalue weighted by atomic mass is 35.5. The van der Waals surface area contributed by atoms with Crippen LogP contribution in [0.15, 0.2) is 59.5 Å². The van der Waals surface area contributed by atoms with Gasteiger partial charge in [0, 0.05) is 22.2 Å². The van der Waals surface area contributed by atoms with Gasteiger partial charge in [0.1, 0.15) is 0 Å². The molecular weight excluding hydrogens is 288 g/mol. The second kappa shape index (κ2) is 10.7. The fraction of sp³-hybridized carbons (Fsp3) is 0.250. The first-order valence-electron chi connectivity index (χ1n) is 6.59. The molecule has 2 aromatic carbocycles. The van der Waals surface area contributed by atoms with E-state index in [1.165, 1.54) is 4.90 Å². The maximum atomic E-state index is 5.85. The van der Waals surface area contributed by atoms with Crippen molar-refractivity contribution in [1.82, 2.24) is 0 Å². The summed E-state index contributed by atoms with van der Waals surface area (Å²) in [7, 11) is 0. The highest BCUT2D eigenvalue weighted by molar-refractivity contribution is 7.99. The topological polar surface area (TPSA) is 52.0 Å². The third kappa shape index (κ3) is 6.96. The van der Waals surface area contributed by atoms with Crippen molar-refractivity contribution < 1.29 is 0 Å².